The van der Waals surface area contributed by atoms with Crippen molar-refractivity contribution in [2.45, 2.75) is 0 Å². The lowest BCUT2D eigenvalue weighted by Crippen LogP contribution is -2.46. The molecule has 2 aliphatic heterocycles. The third-order valence-electron chi connectivity index (χ3n) is 1.96. The van der Waals surface area contributed by atoms with Gasteiger partial charge in [0.25, 0.3) is 0 Å². The Morgan fingerprint density at radius 1 is 1.50 bits per heavy atom. The van der Waals surface area contributed by atoms with Gasteiger partial charge in [-0.15, -0.1) is 0 Å². The van der Waals surface area contributed by atoms with Gasteiger partial charge in [-0.3, -0.25) is 0 Å². The van der Waals surface area contributed by atoms with Crippen LogP contribution in [0.3, 0.4) is 0 Å². The highest BCUT2D eigenvalue weighted by molar-refractivity contribution is 5.77. The summed E-state index contributed by atoms with van der Waals surface area (Å²) in [6, 6.07) is -0.247. The number of carbonyl (C=O) groups excluding carboxylic acids is 1. The Morgan fingerprint density at radius 2 is 2.25 bits per heavy atom. The SMILES string of the molecule is C=C1N(N)C(=O)N2CCOCN12. The largest absolute Gasteiger partial charge is 0.359 e. The van der Waals surface area contributed by atoms with E-state index in [2.05, 4.69) is 6.58 Å². The van der Waals surface area contributed by atoms with E-state index in [-0.39, 0.29) is 6.03 Å². The molecular weight excluding hydrogens is 160 g/mol. The van der Waals surface area contributed by atoms with Crippen molar-refractivity contribution in [1.82, 2.24) is 15.0 Å². The first kappa shape index (κ1) is 7.38. The van der Waals surface area contributed by atoms with Gasteiger partial charge in [0.2, 0.25) is 0 Å². The number of hydrazine groups is 2. The molecular formula is C6H10N4O2. The number of amides is 2. The van der Waals surface area contributed by atoms with E-state index >= 15 is 0 Å². The van der Waals surface area contributed by atoms with Crippen molar-refractivity contribution in [1.29, 1.82) is 0 Å². The number of hydrogen-bond donors (Lipinski definition) is 1. The van der Waals surface area contributed by atoms with E-state index in [0.29, 0.717) is 25.7 Å². The molecule has 0 bridgehead atoms. The molecule has 2 fully saturated rings. The van der Waals surface area contributed by atoms with Crippen LogP contribution in [-0.2, 0) is 4.74 Å². The summed E-state index contributed by atoms with van der Waals surface area (Å²) in [6.45, 7) is 5.08. The molecule has 0 saturated carbocycles. The fourth-order valence-electron chi connectivity index (χ4n) is 1.26. The molecule has 0 radical (unpaired) electrons. The molecule has 0 unspecified atom stereocenters. The van der Waals surface area contributed by atoms with Crippen LogP contribution in [0.4, 0.5) is 4.79 Å². The molecule has 0 aromatic rings. The van der Waals surface area contributed by atoms with Crippen molar-refractivity contribution in [2.75, 3.05) is 19.9 Å². The number of hydrogen-bond acceptors (Lipinski definition) is 4. The summed E-state index contributed by atoms with van der Waals surface area (Å²) in [5, 5.41) is 4.16. The standard InChI is InChI=1S/C6H10N4O2/c1-5-9-4-12-3-2-8(9)6(11)10(5)7/h1-4,7H2. The molecule has 2 aliphatic rings. The van der Waals surface area contributed by atoms with Gasteiger partial charge >= 0.3 is 6.03 Å². The lowest BCUT2D eigenvalue weighted by Gasteiger charge is -2.31. The number of fused-ring (bicyclic) bond motifs is 1. The zero-order chi connectivity index (χ0) is 8.72. The maximum Gasteiger partial charge on any atom is 0.359 e. The number of carbonyl (C=O) groups is 1. The minimum Gasteiger partial charge on any atom is -0.357 e. The Bertz CT molecular complexity index is 218. The zero-order valence-electron chi connectivity index (χ0n) is 6.56. The maximum absolute atomic E-state index is 11.3. The summed E-state index contributed by atoms with van der Waals surface area (Å²) in [5.74, 6) is 5.88. The molecule has 0 spiro atoms. The van der Waals surface area contributed by atoms with Crippen LogP contribution in [-0.4, -0.2) is 40.9 Å². The van der Waals surface area contributed by atoms with Gasteiger partial charge in [0.1, 0.15) is 12.6 Å². The van der Waals surface area contributed by atoms with Gasteiger partial charge in [0.15, 0.2) is 0 Å². The molecule has 6 heteroatoms. The molecule has 0 aliphatic carbocycles. The average molecular weight is 170 g/mol. The van der Waals surface area contributed by atoms with Crippen molar-refractivity contribution < 1.29 is 9.53 Å². The number of urea groups is 1. The van der Waals surface area contributed by atoms with Crippen LogP contribution < -0.4 is 5.84 Å². The first-order valence-electron chi connectivity index (χ1n) is 3.62. The summed E-state index contributed by atoms with van der Waals surface area (Å²) < 4.78 is 5.14. The first-order chi connectivity index (χ1) is 5.72. The van der Waals surface area contributed by atoms with E-state index < -0.39 is 0 Å². The topological polar surface area (TPSA) is 62.0 Å². The van der Waals surface area contributed by atoms with E-state index in [9.17, 15) is 4.79 Å². The summed E-state index contributed by atoms with van der Waals surface area (Å²) in [4.78, 5) is 11.3. The Morgan fingerprint density at radius 3 is 2.92 bits per heavy atom. The van der Waals surface area contributed by atoms with Crippen molar-refractivity contribution in [3.63, 3.8) is 0 Å². The molecule has 6 nitrogen and oxygen atoms in total. The minimum absolute atomic E-state index is 0.247. The molecule has 66 valence electrons. The van der Waals surface area contributed by atoms with Gasteiger partial charge in [-0.1, -0.05) is 6.58 Å². The second kappa shape index (κ2) is 2.36. The number of nitrogens with two attached hydrogens (primary N) is 1. The van der Waals surface area contributed by atoms with Gasteiger partial charge in [-0.2, -0.15) is 0 Å². The van der Waals surface area contributed by atoms with Crippen LogP contribution in [0.15, 0.2) is 12.4 Å². The summed E-state index contributed by atoms with van der Waals surface area (Å²) >= 11 is 0. The van der Waals surface area contributed by atoms with Crippen molar-refractivity contribution in [2.24, 2.45) is 5.84 Å². The van der Waals surface area contributed by atoms with Gasteiger partial charge in [0.05, 0.1) is 13.2 Å². The van der Waals surface area contributed by atoms with Crippen LogP contribution in [0.5, 0.6) is 0 Å². The molecule has 2 N–H and O–H groups in total. The highest BCUT2D eigenvalue weighted by Gasteiger charge is 2.38. The Hall–Kier alpha value is -1.27. The summed E-state index contributed by atoms with van der Waals surface area (Å²) in [5.41, 5.74) is 0. The monoisotopic (exact) mass is 170 g/mol. The highest BCUT2D eigenvalue weighted by atomic mass is 16.5. The number of rotatable bonds is 0. The zero-order valence-corrected chi connectivity index (χ0v) is 6.56. The normalized spacial score (nSPS) is 23.6. The third kappa shape index (κ3) is 0.788. The third-order valence-corrected chi connectivity index (χ3v) is 1.96. The molecule has 2 heterocycles. The predicted molar refractivity (Wildman–Crippen MR) is 39.9 cm³/mol. The van der Waals surface area contributed by atoms with Crippen LogP contribution in [0.25, 0.3) is 0 Å². The van der Waals surface area contributed by atoms with Gasteiger partial charge in [-0.25, -0.2) is 25.7 Å². The van der Waals surface area contributed by atoms with E-state index in [1.807, 2.05) is 0 Å². The molecule has 0 aromatic carbocycles. The highest BCUT2D eigenvalue weighted by Crippen LogP contribution is 2.22. The van der Waals surface area contributed by atoms with Crippen LogP contribution in [0.2, 0.25) is 0 Å². The van der Waals surface area contributed by atoms with Crippen molar-refractivity contribution in [3.8, 4) is 0 Å². The first-order valence-corrected chi connectivity index (χ1v) is 3.62. The Labute approximate surface area is 69.7 Å². The van der Waals surface area contributed by atoms with Crippen molar-refractivity contribution in [3.05, 3.63) is 12.4 Å². The van der Waals surface area contributed by atoms with E-state index in [1.54, 1.807) is 5.01 Å². The summed E-state index contributed by atoms with van der Waals surface area (Å²) in [6.07, 6.45) is 0. The molecule has 0 aromatic heterocycles. The van der Waals surface area contributed by atoms with E-state index in [0.717, 1.165) is 5.01 Å². The average Bonchev–Trinajstić information content (AvgIpc) is 2.33. The minimum atomic E-state index is -0.247. The fourth-order valence-corrected chi connectivity index (χ4v) is 1.26. The van der Waals surface area contributed by atoms with Gasteiger partial charge in [0, 0.05) is 0 Å². The van der Waals surface area contributed by atoms with Crippen LogP contribution in [0.1, 0.15) is 0 Å². The lowest BCUT2D eigenvalue weighted by molar-refractivity contribution is -0.0940. The number of ether oxygens (including phenoxy) is 1. The lowest BCUT2D eigenvalue weighted by atomic mass is 10.6. The predicted octanol–water partition coefficient (Wildman–Crippen LogP) is -0.726. The van der Waals surface area contributed by atoms with Crippen LogP contribution >= 0.6 is 0 Å². The number of nitrogens with zero attached hydrogens (tertiary/aromatic N) is 3. The smallest absolute Gasteiger partial charge is 0.357 e. The molecule has 0 atom stereocenters. The quantitative estimate of drug-likeness (QED) is 0.384. The molecule has 2 amide bonds. The Balaban J connectivity index is 2.25. The van der Waals surface area contributed by atoms with Crippen LogP contribution in [0, 0.1) is 0 Å². The van der Waals surface area contributed by atoms with Gasteiger partial charge < -0.3 is 4.74 Å². The maximum atomic E-state index is 11.3. The molecule has 2 saturated heterocycles. The molecule has 12 heavy (non-hydrogen) atoms. The fraction of sp³-hybridized carbons (Fsp3) is 0.500. The Kier molecular flexibility index (Phi) is 1.45. The van der Waals surface area contributed by atoms with Crippen molar-refractivity contribution >= 4 is 6.03 Å². The summed E-state index contributed by atoms with van der Waals surface area (Å²) in [7, 11) is 0. The van der Waals surface area contributed by atoms with E-state index in [1.165, 1.54) is 5.01 Å². The van der Waals surface area contributed by atoms with E-state index in [4.69, 9.17) is 10.6 Å². The molecule has 2 rings (SSSR count). The second-order valence-corrected chi connectivity index (χ2v) is 2.63. The van der Waals surface area contributed by atoms with Gasteiger partial charge in [-0.05, 0) is 0 Å². The second-order valence-electron chi connectivity index (χ2n) is 2.63.